The summed E-state index contributed by atoms with van der Waals surface area (Å²) < 4.78 is 0. The Morgan fingerprint density at radius 1 is 1.20 bits per heavy atom. The predicted octanol–water partition coefficient (Wildman–Crippen LogP) is 1.86. The number of nitrogen functional groups attached to an aromatic ring is 1. The largest absolute Gasteiger partial charge is 0.399 e. The highest BCUT2D eigenvalue weighted by molar-refractivity contribution is 5.83. The van der Waals surface area contributed by atoms with Gasteiger partial charge in [-0.25, -0.2) is 4.99 Å². The fraction of sp³-hybridized carbons (Fsp3) is 0.0625. The molecule has 0 bridgehead atoms. The summed E-state index contributed by atoms with van der Waals surface area (Å²) >= 11 is 0. The summed E-state index contributed by atoms with van der Waals surface area (Å²) in [4.78, 5) is 4.41. The van der Waals surface area contributed by atoms with E-state index in [1.165, 1.54) is 0 Å². The van der Waals surface area contributed by atoms with Gasteiger partial charge in [0, 0.05) is 22.5 Å². The van der Waals surface area contributed by atoms with Gasteiger partial charge in [0.15, 0.2) is 5.66 Å². The number of rotatable bonds is 1. The number of nitrogens with one attached hydrogen (secondary N) is 1. The molecule has 98 valence electrons. The van der Waals surface area contributed by atoms with Crippen LogP contribution in [0.25, 0.3) is 0 Å². The van der Waals surface area contributed by atoms with Gasteiger partial charge in [0.05, 0.1) is 6.34 Å². The smallest absolute Gasteiger partial charge is 0.163 e. The zero-order chi connectivity index (χ0) is 14.2. The van der Waals surface area contributed by atoms with E-state index in [9.17, 15) is 0 Å². The first-order chi connectivity index (χ1) is 9.63. The molecule has 0 aliphatic carbocycles. The maximum absolute atomic E-state index is 6.52. The highest BCUT2D eigenvalue weighted by Gasteiger charge is 2.33. The fourth-order valence-corrected chi connectivity index (χ4v) is 2.35. The molecule has 5 N–H and O–H groups in total. The Labute approximate surface area is 117 Å². The van der Waals surface area contributed by atoms with E-state index in [0.29, 0.717) is 5.69 Å². The van der Waals surface area contributed by atoms with Crippen molar-refractivity contribution in [2.45, 2.75) is 5.66 Å². The van der Waals surface area contributed by atoms with Crippen LogP contribution in [0.15, 0.2) is 47.5 Å². The summed E-state index contributed by atoms with van der Waals surface area (Å²) in [7, 11) is 0. The van der Waals surface area contributed by atoms with Crippen molar-refractivity contribution in [3.8, 4) is 12.3 Å². The van der Waals surface area contributed by atoms with Gasteiger partial charge in [0.25, 0.3) is 0 Å². The minimum atomic E-state index is -0.983. The van der Waals surface area contributed by atoms with Crippen LogP contribution in [0, 0.1) is 12.3 Å². The lowest BCUT2D eigenvalue weighted by Crippen LogP contribution is -2.39. The zero-order valence-corrected chi connectivity index (χ0v) is 10.8. The van der Waals surface area contributed by atoms with Crippen LogP contribution in [-0.4, -0.2) is 6.34 Å². The summed E-state index contributed by atoms with van der Waals surface area (Å²) in [6.45, 7) is 0. The molecule has 1 unspecified atom stereocenters. The van der Waals surface area contributed by atoms with Crippen LogP contribution in [0.1, 0.15) is 16.7 Å². The number of nitrogens with two attached hydrogens (primary N) is 2. The lowest BCUT2D eigenvalue weighted by Gasteiger charge is -2.31. The predicted molar refractivity (Wildman–Crippen MR) is 82.3 cm³/mol. The summed E-state index contributed by atoms with van der Waals surface area (Å²) in [5.74, 6) is 2.61. The average molecular weight is 262 g/mol. The van der Waals surface area contributed by atoms with Gasteiger partial charge in [0.2, 0.25) is 0 Å². The Morgan fingerprint density at radius 3 is 2.85 bits per heavy atom. The van der Waals surface area contributed by atoms with Gasteiger partial charge in [-0.1, -0.05) is 18.1 Å². The zero-order valence-electron chi connectivity index (χ0n) is 10.8. The van der Waals surface area contributed by atoms with E-state index in [4.69, 9.17) is 17.9 Å². The summed E-state index contributed by atoms with van der Waals surface area (Å²) in [5, 5.41) is 3.08. The second kappa shape index (κ2) is 4.41. The van der Waals surface area contributed by atoms with Crippen LogP contribution in [0.2, 0.25) is 0 Å². The quantitative estimate of drug-likeness (QED) is 0.542. The standard InChI is InChI=1S/C16H14N4/c1-2-11-4-3-5-12(8-11)16(18)14-9-13(17)6-7-15(14)19-10-20-16/h1,3-10H,17-18H2,(H,19,20). The van der Waals surface area contributed by atoms with Gasteiger partial charge in [0.1, 0.15) is 0 Å². The topological polar surface area (TPSA) is 76.4 Å². The molecule has 0 aromatic heterocycles. The summed E-state index contributed by atoms with van der Waals surface area (Å²) in [5.41, 5.74) is 15.4. The number of hydrogen-bond acceptors (Lipinski definition) is 4. The van der Waals surface area contributed by atoms with Gasteiger partial charge in [-0.2, -0.15) is 0 Å². The van der Waals surface area contributed by atoms with Crippen LogP contribution in [-0.2, 0) is 5.66 Å². The number of anilines is 2. The monoisotopic (exact) mass is 262 g/mol. The SMILES string of the molecule is C#Cc1cccc(C2(N)N=CNc3ccc(N)cc32)c1. The number of fused-ring (bicyclic) bond motifs is 1. The van der Waals surface area contributed by atoms with Crippen molar-refractivity contribution in [3.05, 3.63) is 59.2 Å². The molecule has 4 heteroatoms. The first-order valence-electron chi connectivity index (χ1n) is 6.20. The fourth-order valence-electron chi connectivity index (χ4n) is 2.35. The molecule has 0 amide bonds. The maximum atomic E-state index is 6.52. The summed E-state index contributed by atoms with van der Waals surface area (Å²) in [6.07, 6.45) is 7.05. The normalized spacial score (nSPS) is 19.8. The van der Waals surface area contributed by atoms with Crippen molar-refractivity contribution >= 4 is 17.7 Å². The lowest BCUT2D eigenvalue weighted by molar-refractivity contribution is 0.571. The molecule has 0 saturated heterocycles. The van der Waals surface area contributed by atoms with Gasteiger partial charge in [-0.3, -0.25) is 5.73 Å². The van der Waals surface area contributed by atoms with Gasteiger partial charge >= 0.3 is 0 Å². The van der Waals surface area contributed by atoms with E-state index in [1.807, 2.05) is 42.5 Å². The van der Waals surface area contributed by atoms with Gasteiger partial charge < -0.3 is 11.1 Å². The Bertz CT molecular complexity index is 742. The highest BCUT2D eigenvalue weighted by Crippen LogP contribution is 2.36. The van der Waals surface area contributed by atoms with Crippen molar-refractivity contribution in [2.24, 2.45) is 10.7 Å². The van der Waals surface area contributed by atoms with E-state index in [0.717, 1.165) is 22.4 Å². The molecule has 4 nitrogen and oxygen atoms in total. The van der Waals surface area contributed by atoms with Gasteiger partial charge in [-0.15, -0.1) is 6.42 Å². The molecule has 3 rings (SSSR count). The van der Waals surface area contributed by atoms with Crippen LogP contribution in [0.4, 0.5) is 11.4 Å². The molecule has 2 aromatic carbocycles. The van der Waals surface area contributed by atoms with Crippen molar-refractivity contribution < 1.29 is 0 Å². The molecule has 1 aliphatic rings. The molecule has 0 spiro atoms. The molecule has 2 aromatic rings. The van der Waals surface area contributed by atoms with Crippen molar-refractivity contribution in [2.75, 3.05) is 11.1 Å². The number of benzene rings is 2. The maximum Gasteiger partial charge on any atom is 0.163 e. The van der Waals surface area contributed by atoms with Crippen LogP contribution < -0.4 is 16.8 Å². The van der Waals surface area contributed by atoms with Gasteiger partial charge in [-0.05, 0) is 35.9 Å². The van der Waals surface area contributed by atoms with Crippen molar-refractivity contribution in [3.63, 3.8) is 0 Å². The second-order valence-corrected chi connectivity index (χ2v) is 4.70. The van der Waals surface area contributed by atoms with E-state index in [-0.39, 0.29) is 0 Å². The second-order valence-electron chi connectivity index (χ2n) is 4.70. The van der Waals surface area contributed by atoms with E-state index < -0.39 is 5.66 Å². The number of hydrogen-bond donors (Lipinski definition) is 3. The van der Waals surface area contributed by atoms with Crippen LogP contribution in [0.3, 0.4) is 0 Å². The Morgan fingerprint density at radius 2 is 2.05 bits per heavy atom. The Kier molecular flexibility index (Phi) is 2.70. The molecule has 0 radical (unpaired) electrons. The molecule has 1 atom stereocenters. The molecule has 0 fully saturated rings. The molecular weight excluding hydrogens is 248 g/mol. The third-order valence-corrected chi connectivity index (χ3v) is 3.41. The van der Waals surface area contributed by atoms with Crippen molar-refractivity contribution in [1.82, 2.24) is 0 Å². The Hall–Kier alpha value is -2.77. The third kappa shape index (κ3) is 1.81. The van der Waals surface area contributed by atoms with E-state index in [1.54, 1.807) is 6.34 Å². The Balaban J connectivity index is 2.21. The third-order valence-electron chi connectivity index (χ3n) is 3.41. The van der Waals surface area contributed by atoms with Crippen molar-refractivity contribution in [1.29, 1.82) is 0 Å². The van der Waals surface area contributed by atoms with Crippen LogP contribution in [0.5, 0.6) is 0 Å². The first kappa shape index (κ1) is 12.3. The molecular formula is C16H14N4. The summed E-state index contributed by atoms with van der Waals surface area (Å²) in [6, 6.07) is 13.1. The van der Waals surface area contributed by atoms with Crippen LogP contribution >= 0.6 is 0 Å². The molecule has 1 aliphatic heterocycles. The number of nitrogens with zero attached hydrogens (tertiary/aromatic N) is 1. The first-order valence-corrected chi connectivity index (χ1v) is 6.20. The minimum Gasteiger partial charge on any atom is -0.399 e. The molecule has 1 heterocycles. The van der Waals surface area contributed by atoms with E-state index >= 15 is 0 Å². The minimum absolute atomic E-state index is 0.644. The molecule has 20 heavy (non-hydrogen) atoms. The molecule has 0 saturated carbocycles. The number of aliphatic imine (C=N–C) groups is 1. The lowest BCUT2D eigenvalue weighted by atomic mass is 9.89. The average Bonchev–Trinajstić information content (AvgIpc) is 2.48. The van der Waals surface area contributed by atoms with E-state index in [2.05, 4.69) is 16.2 Å². The number of terminal acetylenes is 1. The highest BCUT2D eigenvalue weighted by atomic mass is 15.1.